The van der Waals surface area contributed by atoms with Crippen LogP contribution >= 0.6 is 0 Å². The number of hydroxylamine groups is 1. The highest BCUT2D eigenvalue weighted by Crippen LogP contribution is 2.36. The summed E-state index contributed by atoms with van der Waals surface area (Å²) < 4.78 is 0. The van der Waals surface area contributed by atoms with Crippen molar-refractivity contribution in [2.75, 3.05) is 6.54 Å². The van der Waals surface area contributed by atoms with Crippen LogP contribution in [0, 0.1) is 11.8 Å². The summed E-state index contributed by atoms with van der Waals surface area (Å²) in [5.74, 6) is 0.643. The van der Waals surface area contributed by atoms with Gasteiger partial charge in [-0.1, -0.05) is 49.9 Å². The molecule has 1 saturated carbocycles. The van der Waals surface area contributed by atoms with Gasteiger partial charge in [-0.3, -0.25) is 14.9 Å². The second-order valence-electron chi connectivity index (χ2n) is 9.33. The number of nitrogens with two attached hydrogens (primary N) is 1. The Kier molecular flexibility index (Phi) is 7.05. The predicted octanol–water partition coefficient (Wildman–Crippen LogP) is 2.40. The van der Waals surface area contributed by atoms with Crippen molar-refractivity contribution in [2.24, 2.45) is 17.6 Å². The molecule has 30 heavy (non-hydrogen) atoms. The Balaban J connectivity index is 1.29. The average Bonchev–Trinajstić information content (AvgIpc) is 2.97. The lowest BCUT2D eigenvalue weighted by molar-refractivity contribution is -0.126. The summed E-state index contributed by atoms with van der Waals surface area (Å²) in [5, 5.41) is 9.92. The quantitative estimate of drug-likeness (QED) is 0.474. The Hall–Kier alpha value is -1.51. The first-order valence-electron chi connectivity index (χ1n) is 11.6. The van der Waals surface area contributed by atoms with Crippen LogP contribution in [-0.4, -0.2) is 24.3 Å². The fraction of sp³-hybridized carbons (Fsp3) is 0.696. The number of carbonyl (C=O) groups excluding carboxylic acids is 1. The van der Waals surface area contributed by atoms with Gasteiger partial charge in [-0.15, -0.1) is 0 Å². The lowest BCUT2D eigenvalue weighted by Gasteiger charge is -2.32. The Bertz CT molecular complexity index is 704. The van der Waals surface area contributed by atoms with E-state index in [1.807, 2.05) is 0 Å². The largest absolute Gasteiger partial charge is 0.352 e. The van der Waals surface area contributed by atoms with Crippen molar-refractivity contribution < 1.29 is 9.63 Å². The molecule has 1 aromatic carbocycles. The number of nitrogens with one attached hydrogen (secondary N) is 4. The fourth-order valence-corrected chi connectivity index (χ4v) is 5.06. The van der Waals surface area contributed by atoms with Crippen molar-refractivity contribution in [1.29, 1.82) is 0 Å². The van der Waals surface area contributed by atoms with E-state index in [0.29, 0.717) is 18.9 Å². The van der Waals surface area contributed by atoms with Crippen LogP contribution in [0.3, 0.4) is 0 Å². The third-order valence-corrected chi connectivity index (χ3v) is 7.04. The van der Waals surface area contributed by atoms with Gasteiger partial charge in [-0.2, -0.15) is 5.48 Å². The van der Waals surface area contributed by atoms with Gasteiger partial charge in [-0.25, -0.2) is 0 Å². The molecule has 2 heterocycles. The molecule has 0 bridgehead atoms. The number of hydrogen-bond acceptors (Lipinski definition) is 6. The fourth-order valence-electron chi connectivity index (χ4n) is 5.06. The first-order chi connectivity index (χ1) is 14.5. The lowest BCUT2D eigenvalue weighted by atomic mass is 9.89. The molecule has 7 heteroatoms. The Morgan fingerprint density at radius 1 is 1.17 bits per heavy atom. The monoisotopic (exact) mass is 415 g/mol. The number of hydrogen-bond donors (Lipinski definition) is 5. The first kappa shape index (κ1) is 21.7. The summed E-state index contributed by atoms with van der Waals surface area (Å²) >= 11 is 0. The van der Waals surface area contributed by atoms with E-state index >= 15 is 0 Å². The van der Waals surface area contributed by atoms with Gasteiger partial charge in [-0.05, 0) is 50.3 Å². The van der Waals surface area contributed by atoms with Crippen molar-refractivity contribution in [3.05, 3.63) is 35.4 Å². The minimum atomic E-state index is -0.322. The topological polar surface area (TPSA) is 100 Å². The van der Waals surface area contributed by atoms with Crippen LogP contribution in [-0.2, 0) is 16.2 Å². The molecule has 4 unspecified atom stereocenters. The summed E-state index contributed by atoms with van der Waals surface area (Å²) in [5.41, 5.74) is 11.0. The van der Waals surface area contributed by atoms with Crippen LogP contribution in [0.15, 0.2) is 24.3 Å². The second-order valence-corrected chi connectivity index (χ2v) is 9.33. The molecule has 1 aliphatic carbocycles. The molecule has 0 aromatic heterocycles. The highest BCUT2D eigenvalue weighted by Gasteiger charge is 2.42. The van der Waals surface area contributed by atoms with E-state index in [1.54, 1.807) is 0 Å². The van der Waals surface area contributed by atoms with Crippen LogP contribution in [0.25, 0.3) is 0 Å². The Labute approximate surface area is 179 Å². The molecule has 1 aromatic rings. The van der Waals surface area contributed by atoms with E-state index in [-0.39, 0.29) is 29.9 Å². The molecule has 0 radical (unpaired) electrons. The van der Waals surface area contributed by atoms with E-state index in [4.69, 9.17) is 10.6 Å². The van der Waals surface area contributed by atoms with Gasteiger partial charge in [0.2, 0.25) is 5.91 Å². The van der Waals surface area contributed by atoms with E-state index in [1.165, 1.54) is 38.5 Å². The van der Waals surface area contributed by atoms with Crippen LogP contribution < -0.4 is 27.2 Å². The third kappa shape index (κ3) is 5.21. The number of carbonyl (C=O) groups is 1. The van der Waals surface area contributed by atoms with Gasteiger partial charge in [0.1, 0.15) is 11.9 Å². The maximum atomic E-state index is 12.4. The van der Waals surface area contributed by atoms with Gasteiger partial charge >= 0.3 is 0 Å². The highest BCUT2D eigenvalue weighted by atomic mass is 16.7. The second kappa shape index (κ2) is 9.75. The van der Waals surface area contributed by atoms with Crippen molar-refractivity contribution in [3.8, 4) is 0 Å². The van der Waals surface area contributed by atoms with E-state index < -0.39 is 0 Å². The number of rotatable bonds is 5. The molecule has 4 rings (SSSR count). The molecule has 2 saturated heterocycles. The zero-order valence-electron chi connectivity index (χ0n) is 18.1. The zero-order valence-corrected chi connectivity index (χ0v) is 18.1. The number of amides is 1. The normalized spacial score (nSPS) is 33.2. The number of piperidine rings is 1. The Morgan fingerprint density at radius 3 is 2.60 bits per heavy atom. The molecule has 4 atom stereocenters. The molecule has 1 amide bonds. The summed E-state index contributed by atoms with van der Waals surface area (Å²) in [4.78, 5) is 18.5. The van der Waals surface area contributed by atoms with Gasteiger partial charge in [0.25, 0.3) is 0 Å². The van der Waals surface area contributed by atoms with E-state index in [0.717, 1.165) is 24.1 Å². The summed E-state index contributed by atoms with van der Waals surface area (Å²) in [6.07, 6.45) is 9.15. The molecule has 3 fully saturated rings. The Morgan fingerprint density at radius 2 is 1.90 bits per heavy atom. The average molecular weight is 416 g/mol. The van der Waals surface area contributed by atoms with Gasteiger partial charge in [0.15, 0.2) is 0 Å². The minimum Gasteiger partial charge on any atom is -0.352 e. The third-order valence-electron chi connectivity index (χ3n) is 7.04. The lowest BCUT2D eigenvalue weighted by Crippen LogP contribution is -2.47. The van der Waals surface area contributed by atoms with Crippen molar-refractivity contribution in [1.82, 2.24) is 21.4 Å². The predicted molar refractivity (Wildman–Crippen MR) is 117 cm³/mol. The zero-order chi connectivity index (χ0) is 21.0. The molecule has 3 aliphatic rings. The smallest absolute Gasteiger partial charge is 0.223 e. The molecule has 2 aliphatic heterocycles. The molecule has 7 nitrogen and oxygen atoms in total. The van der Waals surface area contributed by atoms with Gasteiger partial charge in [0, 0.05) is 18.4 Å². The van der Waals surface area contributed by atoms with Gasteiger partial charge in [0.05, 0.1) is 6.17 Å². The van der Waals surface area contributed by atoms with Crippen molar-refractivity contribution in [3.63, 3.8) is 0 Å². The molecule has 6 N–H and O–H groups in total. The van der Waals surface area contributed by atoms with Crippen molar-refractivity contribution >= 4 is 5.91 Å². The van der Waals surface area contributed by atoms with Crippen LogP contribution in [0.2, 0.25) is 0 Å². The number of benzene rings is 1. The molecule has 166 valence electrons. The van der Waals surface area contributed by atoms with E-state index in [9.17, 15) is 4.79 Å². The molecular formula is C23H37N5O2. The summed E-state index contributed by atoms with van der Waals surface area (Å²) in [6.45, 7) is 3.52. The maximum absolute atomic E-state index is 12.4. The van der Waals surface area contributed by atoms with E-state index in [2.05, 4.69) is 52.6 Å². The van der Waals surface area contributed by atoms with Gasteiger partial charge < -0.3 is 16.4 Å². The highest BCUT2D eigenvalue weighted by molar-refractivity contribution is 5.78. The van der Waals surface area contributed by atoms with Crippen molar-refractivity contribution in [2.45, 2.75) is 82.9 Å². The molecule has 0 spiro atoms. The summed E-state index contributed by atoms with van der Waals surface area (Å²) in [7, 11) is 0. The molecular weight excluding hydrogens is 378 g/mol. The standard InChI is InChI=1S/C23H37N5O2/c1-23(19-6-4-2-3-5-7-19)27-21(28-30-23)17-10-8-16(9-11-17)15-26-22(29)18-12-13-25-20(24)14-18/h8-11,18-21,25,27-28H,2-7,12-15,24H2,1H3,(H,26,29). The first-order valence-corrected chi connectivity index (χ1v) is 11.6. The SMILES string of the molecule is CC1(C2CCCCCC2)NC(c2ccc(CNC(=O)C3CCNC(N)C3)cc2)NO1. The van der Waals surface area contributed by atoms with Crippen LogP contribution in [0.4, 0.5) is 0 Å². The summed E-state index contributed by atoms with van der Waals surface area (Å²) in [6, 6.07) is 8.37. The van der Waals surface area contributed by atoms with Crippen LogP contribution in [0.5, 0.6) is 0 Å². The minimum absolute atomic E-state index is 0.00576. The maximum Gasteiger partial charge on any atom is 0.223 e. The van der Waals surface area contributed by atoms with Crippen LogP contribution in [0.1, 0.15) is 75.6 Å².